The van der Waals surface area contributed by atoms with Gasteiger partial charge < -0.3 is 15.7 Å². The molecule has 0 aliphatic carbocycles. The highest BCUT2D eigenvalue weighted by Crippen LogP contribution is 2.28. The van der Waals surface area contributed by atoms with Gasteiger partial charge in [0.15, 0.2) is 0 Å². The number of carbonyl (C=O) groups is 1. The Morgan fingerprint density at radius 3 is 2.65 bits per heavy atom. The van der Waals surface area contributed by atoms with Gasteiger partial charge in [0, 0.05) is 12.0 Å². The lowest BCUT2D eigenvalue weighted by molar-refractivity contribution is -0.124. The molecule has 0 saturated carbocycles. The van der Waals surface area contributed by atoms with Crippen LogP contribution in [-0.2, 0) is 11.2 Å². The molecule has 1 aliphatic heterocycles. The Bertz CT molecular complexity index is 790. The topological polar surface area (TPSA) is 85.2 Å². The molecule has 3 rings (SSSR count). The van der Waals surface area contributed by atoms with Crippen LogP contribution in [-0.4, -0.2) is 29.6 Å². The number of hydrogen-bond donors (Lipinski definition) is 3. The fourth-order valence-corrected chi connectivity index (χ4v) is 3.25. The summed E-state index contributed by atoms with van der Waals surface area (Å²) >= 11 is 0. The molecule has 3 N–H and O–H groups in total. The van der Waals surface area contributed by atoms with Gasteiger partial charge in [-0.1, -0.05) is 48.9 Å². The number of rotatable bonds is 5. The third-order valence-electron chi connectivity index (χ3n) is 4.71. The van der Waals surface area contributed by atoms with Crippen molar-refractivity contribution in [2.75, 3.05) is 6.54 Å². The first-order valence-corrected chi connectivity index (χ1v) is 8.98. The molecule has 1 fully saturated rings. The Kier molecular flexibility index (Phi) is 5.88. The van der Waals surface area contributed by atoms with E-state index in [0.717, 1.165) is 42.5 Å². The van der Waals surface area contributed by atoms with E-state index in [1.165, 1.54) is 0 Å². The molecule has 0 radical (unpaired) electrons. The van der Waals surface area contributed by atoms with E-state index in [0.29, 0.717) is 6.42 Å². The van der Waals surface area contributed by atoms with Gasteiger partial charge in [-0.2, -0.15) is 5.26 Å². The van der Waals surface area contributed by atoms with E-state index in [1.807, 2.05) is 36.4 Å². The van der Waals surface area contributed by atoms with Crippen molar-refractivity contribution in [3.63, 3.8) is 0 Å². The van der Waals surface area contributed by atoms with E-state index in [9.17, 15) is 15.2 Å². The minimum Gasteiger partial charge on any atom is -0.507 e. The number of piperidine rings is 1. The van der Waals surface area contributed by atoms with Crippen LogP contribution >= 0.6 is 0 Å². The summed E-state index contributed by atoms with van der Waals surface area (Å²) in [6, 6.07) is 16.3. The van der Waals surface area contributed by atoms with Gasteiger partial charge in [-0.15, -0.1) is 0 Å². The predicted molar refractivity (Wildman–Crippen MR) is 100 cm³/mol. The van der Waals surface area contributed by atoms with Gasteiger partial charge in [-0.25, -0.2) is 0 Å². The third-order valence-corrected chi connectivity index (χ3v) is 4.71. The van der Waals surface area contributed by atoms with E-state index in [-0.39, 0.29) is 17.7 Å². The Hall–Kier alpha value is -2.84. The lowest BCUT2D eigenvalue weighted by Gasteiger charge is -2.23. The summed E-state index contributed by atoms with van der Waals surface area (Å²) in [6.45, 7) is 0.850. The highest BCUT2D eigenvalue weighted by atomic mass is 16.3. The van der Waals surface area contributed by atoms with Gasteiger partial charge in [0.1, 0.15) is 11.8 Å². The summed E-state index contributed by atoms with van der Waals surface area (Å²) in [4.78, 5) is 12.3. The number of phenols is 1. The number of hydrogen-bond acceptors (Lipinski definition) is 4. The second-order valence-corrected chi connectivity index (χ2v) is 6.61. The van der Waals surface area contributed by atoms with Crippen molar-refractivity contribution in [3.8, 4) is 22.9 Å². The van der Waals surface area contributed by atoms with Crippen molar-refractivity contribution in [3.05, 3.63) is 54.1 Å². The Balaban J connectivity index is 1.62. The average Bonchev–Trinajstić information content (AvgIpc) is 2.69. The minimum atomic E-state index is -0.554. The molecule has 5 nitrogen and oxygen atoms in total. The molecule has 0 aromatic heterocycles. The normalized spacial score (nSPS) is 17.9. The first kappa shape index (κ1) is 18.0. The van der Waals surface area contributed by atoms with Crippen molar-refractivity contribution in [2.24, 2.45) is 0 Å². The lowest BCUT2D eigenvalue weighted by atomic mass is 9.99. The summed E-state index contributed by atoms with van der Waals surface area (Å²) in [5.74, 6) is 0.143. The number of amides is 1. The molecule has 1 heterocycles. The van der Waals surface area contributed by atoms with Gasteiger partial charge >= 0.3 is 0 Å². The molecule has 2 aromatic carbocycles. The maximum atomic E-state index is 12.3. The van der Waals surface area contributed by atoms with Crippen molar-refractivity contribution in [1.82, 2.24) is 10.6 Å². The van der Waals surface area contributed by atoms with Crippen LogP contribution in [0.3, 0.4) is 0 Å². The van der Waals surface area contributed by atoms with Crippen LogP contribution in [0.2, 0.25) is 0 Å². The molecule has 1 saturated heterocycles. The molecule has 0 bridgehead atoms. The summed E-state index contributed by atoms with van der Waals surface area (Å²) in [6.07, 6.45) is 3.40. The Labute approximate surface area is 153 Å². The standard InChI is InChI=1S/C21H23N3O2/c22-14-17(24-21(26)19-6-3-4-12-23-19)13-15-8-10-16(11-9-15)18-5-1-2-7-20(18)25/h1-2,5,7-11,17,19,23,25H,3-4,6,12-13H2,(H,24,26)/t17-,19?/m0/s1. The number of benzene rings is 2. The molecule has 1 unspecified atom stereocenters. The Morgan fingerprint density at radius 2 is 2.00 bits per heavy atom. The van der Waals surface area contributed by atoms with Crippen LogP contribution in [0.1, 0.15) is 24.8 Å². The number of carbonyl (C=O) groups excluding carboxylic acids is 1. The number of nitriles is 1. The van der Waals surface area contributed by atoms with Crippen molar-refractivity contribution >= 4 is 5.91 Å². The second kappa shape index (κ2) is 8.50. The Morgan fingerprint density at radius 1 is 1.23 bits per heavy atom. The molecule has 5 heteroatoms. The fraction of sp³-hybridized carbons (Fsp3) is 0.333. The zero-order valence-electron chi connectivity index (χ0n) is 14.6. The highest BCUT2D eigenvalue weighted by Gasteiger charge is 2.23. The van der Waals surface area contributed by atoms with Crippen LogP contribution in [0.4, 0.5) is 0 Å². The van der Waals surface area contributed by atoms with Crippen LogP contribution in [0.25, 0.3) is 11.1 Å². The largest absolute Gasteiger partial charge is 0.507 e. The second-order valence-electron chi connectivity index (χ2n) is 6.61. The maximum Gasteiger partial charge on any atom is 0.238 e. The third kappa shape index (κ3) is 4.41. The molecule has 1 amide bonds. The molecule has 134 valence electrons. The van der Waals surface area contributed by atoms with E-state index >= 15 is 0 Å². The average molecular weight is 349 g/mol. The highest BCUT2D eigenvalue weighted by molar-refractivity contribution is 5.82. The van der Waals surface area contributed by atoms with Gasteiger partial charge in [-0.05, 0) is 36.6 Å². The molecule has 1 aliphatic rings. The number of phenolic OH excluding ortho intramolecular Hbond substituents is 1. The summed E-state index contributed by atoms with van der Waals surface area (Å²) in [5.41, 5.74) is 2.65. The lowest BCUT2D eigenvalue weighted by Crippen LogP contribution is -2.49. The van der Waals surface area contributed by atoms with Crippen LogP contribution in [0, 0.1) is 11.3 Å². The monoisotopic (exact) mass is 349 g/mol. The summed E-state index contributed by atoms with van der Waals surface area (Å²) in [5, 5.41) is 25.4. The molecule has 0 spiro atoms. The quantitative estimate of drug-likeness (QED) is 0.775. The van der Waals surface area contributed by atoms with Gasteiger partial charge in [0.05, 0.1) is 12.1 Å². The number of aromatic hydroxyl groups is 1. The number of nitrogens with one attached hydrogen (secondary N) is 2. The van der Waals surface area contributed by atoms with E-state index in [1.54, 1.807) is 12.1 Å². The van der Waals surface area contributed by atoms with Crippen LogP contribution < -0.4 is 10.6 Å². The van der Waals surface area contributed by atoms with Crippen molar-refractivity contribution in [1.29, 1.82) is 5.26 Å². The number of nitrogens with zero attached hydrogens (tertiary/aromatic N) is 1. The fourth-order valence-electron chi connectivity index (χ4n) is 3.25. The molecule has 2 aromatic rings. The van der Waals surface area contributed by atoms with Crippen LogP contribution in [0.15, 0.2) is 48.5 Å². The summed E-state index contributed by atoms with van der Waals surface area (Å²) in [7, 11) is 0. The SMILES string of the molecule is N#C[C@H](Cc1ccc(-c2ccccc2O)cc1)NC(=O)C1CCCCN1. The van der Waals surface area contributed by atoms with E-state index in [2.05, 4.69) is 16.7 Å². The minimum absolute atomic E-state index is 0.0953. The number of para-hydroxylation sites is 1. The van der Waals surface area contributed by atoms with Crippen LogP contribution in [0.5, 0.6) is 5.75 Å². The summed E-state index contributed by atoms with van der Waals surface area (Å²) < 4.78 is 0. The van der Waals surface area contributed by atoms with E-state index < -0.39 is 6.04 Å². The predicted octanol–water partition coefficient (Wildman–Crippen LogP) is 2.75. The van der Waals surface area contributed by atoms with Gasteiger partial charge in [-0.3, -0.25) is 4.79 Å². The molecule has 2 atom stereocenters. The maximum absolute atomic E-state index is 12.3. The zero-order valence-corrected chi connectivity index (χ0v) is 14.6. The smallest absolute Gasteiger partial charge is 0.238 e. The first-order valence-electron chi connectivity index (χ1n) is 8.98. The first-order chi connectivity index (χ1) is 12.7. The van der Waals surface area contributed by atoms with Gasteiger partial charge in [0.2, 0.25) is 5.91 Å². The molecular formula is C21H23N3O2. The van der Waals surface area contributed by atoms with E-state index in [4.69, 9.17) is 0 Å². The zero-order chi connectivity index (χ0) is 18.4. The van der Waals surface area contributed by atoms with Crippen molar-refractivity contribution < 1.29 is 9.90 Å². The van der Waals surface area contributed by atoms with Crippen molar-refractivity contribution in [2.45, 2.75) is 37.8 Å². The van der Waals surface area contributed by atoms with Gasteiger partial charge in [0.25, 0.3) is 0 Å². The molecule has 26 heavy (non-hydrogen) atoms. The molecular weight excluding hydrogens is 326 g/mol.